The highest BCUT2D eigenvalue weighted by Crippen LogP contribution is 2.02. The summed E-state index contributed by atoms with van der Waals surface area (Å²) >= 11 is 0. The maximum atomic E-state index is 11.8. The Hall–Kier alpha value is -1.10. The van der Waals surface area contributed by atoms with E-state index in [4.69, 9.17) is 0 Å². The molecule has 1 heterocycles. The first kappa shape index (κ1) is 13.0. The molecule has 0 aromatic rings. The molecule has 2 amide bonds. The van der Waals surface area contributed by atoms with Crippen LogP contribution in [0.5, 0.6) is 0 Å². The zero-order chi connectivity index (χ0) is 12.1. The van der Waals surface area contributed by atoms with Crippen LogP contribution in [-0.2, 0) is 9.59 Å². The monoisotopic (exact) mass is 227 g/mol. The van der Waals surface area contributed by atoms with Gasteiger partial charge in [-0.05, 0) is 13.8 Å². The minimum Gasteiger partial charge on any atom is -0.343 e. The van der Waals surface area contributed by atoms with Crippen molar-refractivity contribution in [2.45, 2.75) is 26.3 Å². The number of hydrogen-bond donors (Lipinski definition) is 1. The van der Waals surface area contributed by atoms with Crippen LogP contribution in [0.1, 0.15) is 20.3 Å². The molecule has 92 valence electrons. The molecule has 0 aliphatic carbocycles. The van der Waals surface area contributed by atoms with Gasteiger partial charge in [-0.25, -0.2) is 0 Å². The van der Waals surface area contributed by atoms with Crippen molar-refractivity contribution in [3.8, 4) is 0 Å². The topological polar surface area (TPSA) is 52.7 Å². The van der Waals surface area contributed by atoms with Crippen molar-refractivity contribution in [2.75, 3.05) is 33.2 Å². The van der Waals surface area contributed by atoms with E-state index in [1.807, 2.05) is 13.8 Å². The highest BCUT2D eigenvalue weighted by Gasteiger charge is 2.21. The van der Waals surface area contributed by atoms with E-state index in [-0.39, 0.29) is 24.3 Å². The highest BCUT2D eigenvalue weighted by atomic mass is 16.2. The van der Waals surface area contributed by atoms with Gasteiger partial charge in [0.1, 0.15) is 6.42 Å². The van der Waals surface area contributed by atoms with E-state index in [1.54, 1.807) is 16.8 Å². The Morgan fingerprint density at radius 3 is 2.38 bits per heavy atom. The minimum atomic E-state index is -0.0986. The van der Waals surface area contributed by atoms with Gasteiger partial charge in [0.05, 0.1) is 0 Å². The van der Waals surface area contributed by atoms with E-state index in [0.29, 0.717) is 13.1 Å². The lowest BCUT2D eigenvalue weighted by Gasteiger charge is -2.28. The molecule has 0 radical (unpaired) electrons. The summed E-state index contributed by atoms with van der Waals surface area (Å²) in [7, 11) is 1.73. The third kappa shape index (κ3) is 3.48. The van der Waals surface area contributed by atoms with E-state index >= 15 is 0 Å². The Labute approximate surface area is 96.8 Å². The highest BCUT2D eigenvalue weighted by molar-refractivity contribution is 5.96. The largest absolute Gasteiger partial charge is 0.343 e. The quantitative estimate of drug-likeness (QED) is 0.672. The molecule has 5 heteroatoms. The van der Waals surface area contributed by atoms with Crippen molar-refractivity contribution in [3.05, 3.63) is 0 Å². The minimum absolute atomic E-state index is 0.00528. The molecule has 1 rings (SSSR count). The van der Waals surface area contributed by atoms with Crippen LogP contribution < -0.4 is 5.32 Å². The lowest BCUT2D eigenvalue weighted by Crippen LogP contribution is -2.48. The van der Waals surface area contributed by atoms with Gasteiger partial charge in [-0.1, -0.05) is 0 Å². The Bertz CT molecular complexity index is 260. The fourth-order valence-electron chi connectivity index (χ4n) is 1.57. The molecule has 1 fully saturated rings. The number of rotatable bonds is 3. The van der Waals surface area contributed by atoms with Gasteiger partial charge >= 0.3 is 0 Å². The maximum absolute atomic E-state index is 11.8. The summed E-state index contributed by atoms with van der Waals surface area (Å²) in [6, 6.07) is 0.142. The van der Waals surface area contributed by atoms with Crippen LogP contribution in [0.4, 0.5) is 0 Å². The third-order valence-electron chi connectivity index (χ3n) is 2.94. The molecule has 1 N–H and O–H groups in total. The zero-order valence-electron chi connectivity index (χ0n) is 10.3. The molecular weight excluding hydrogens is 206 g/mol. The van der Waals surface area contributed by atoms with E-state index in [0.717, 1.165) is 13.1 Å². The summed E-state index contributed by atoms with van der Waals surface area (Å²) in [4.78, 5) is 26.9. The molecule has 1 saturated heterocycles. The molecule has 0 spiro atoms. The fraction of sp³-hybridized carbons (Fsp3) is 0.818. The standard InChI is InChI=1S/C11H21N3O2/c1-9(2)13(3)10(15)8-11(16)14-6-4-12-5-7-14/h9,12H,4-8H2,1-3H3. The van der Waals surface area contributed by atoms with E-state index < -0.39 is 0 Å². The zero-order valence-corrected chi connectivity index (χ0v) is 10.3. The van der Waals surface area contributed by atoms with Crippen LogP contribution in [0, 0.1) is 0 Å². The van der Waals surface area contributed by atoms with Crippen molar-refractivity contribution in [1.82, 2.24) is 15.1 Å². The smallest absolute Gasteiger partial charge is 0.232 e. The van der Waals surface area contributed by atoms with Gasteiger partial charge in [-0.15, -0.1) is 0 Å². The lowest BCUT2D eigenvalue weighted by atomic mass is 10.2. The van der Waals surface area contributed by atoms with Crippen LogP contribution in [0.25, 0.3) is 0 Å². The Morgan fingerprint density at radius 1 is 1.31 bits per heavy atom. The molecule has 0 unspecified atom stereocenters. The maximum Gasteiger partial charge on any atom is 0.232 e. The number of piperazine rings is 1. The van der Waals surface area contributed by atoms with Crippen LogP contribution in [0.15, 0.2) is 0 Å². The second-order valence-corrected chi connectivity index (χ2v) is 4.41. The third-order valence-corrected chi connectivity index (χ3v) is 2.94. The van der Waals surface area contributed by atoms with Crippen molar-refractivity contribution in [2.24, 2.45) is 0 Å². The van der Waals surface area contributed by atoms with Gasteiger partial charge in [0.2, 0.25) is 11.8 Å². The van der Waals surface area contributed by atoms with E-state index in [1.165, 1.54) is 0 Å². The number of nitrogens with zero attached hydrogens (tertiary/aromatic N) is 2. The summed E-state index contributed by atoms with van der Waals surface area (Å²) in [5.74, 6) is -0.155. The molecule has 16 heavy (non-hydrogen) atoms. The van der Waals surface area contributed by atoms with E-state index in [2.05, 4.69) is 5.32 Å². The van der Waals surface area contributed by atoms with Crippen LogP contribution in [0.2, 0.25) is 0 Å². The lowest BCUT2D eigenvalue weighted by molar-refractivity contribution is -0.141. The molecule has 0 saturated carbocycles. The summed E-state index contributed by atoms with van der Waals surface area (Å²) in [5.41, 5.74) is 0. The second kappa shape index (κ2) is 5.84. The predicted molar refractivity (Wildman–Crippen MR) is 62.0 cm³/mol. The van der Waals surface area contributed by atoms with Crippen molar-refractivity contribution < 1.29 is 9.59 Å². The molecule has 0 aromatic carbocycles. The molecular formula is C11H21N3O2. The molecule has 1 aliphatic rings. The van der Waals surface area contributed by atoms with Crippen molar-refractivity contribution in [1.29, 1.82) is 0 Å². The van der Waals surface area contributed by atoms with Crippen LogP contribution in [-0.4, -0.2) is 60.9 Å². The number of nitrogens with one attached hydrogen (secondary N) is 1. The van der Waals surface area contributed by atoms with Gasteiger partial charge < -0.3 is 15.1 Å². The van der Waals surface area contributed by atoms with Gasteiger partial charge in [-0.3, -0.25) is 9.59 Å². The Morgan fingerprint density at radius 2 is 1.88 bits per heavy atom. The number of carbonyl (C=O) groups is 2. The number of carbonyl (C=O) groups excluding carboxylic acids is 2. The summed E-state index contributed by atoms with van der Waals surface area (Å²) in [6.07, 6.45) is -0.00528. The summed E-state index contributed by atoms with van der Waals surface area (Å²) < 4.78 is 0. The van der Waals surface area contributed by atoms with Gasteiger partial charge in [0.15, 0.2) is 0 Å². The molecule has 5 nitrogen and oxygen atoms in total. The Balaban J connectivity index is 2.41. The van der Waals surface area contributed by atoms with Gasteiger partial charge in [0.25, 0.3) is 0 Å². The van der Waals surface area contributed by atoms with Gasteiger partial charge in [0, 0.05) is 39.3 Å². The average molecular weight is 227 g/mol. The first-order valence-corrected chi connectivity index (χ1v) is 5.76. The first-order valence-electron chi connectivity index (χ1n) is 5.76. The van der Waals surface area contributed by atoms with Crippen molar-refractivity contribution in [3.63, 3.8) is 0 Å². The van der Waals surface area contributed by atoms with Crippen LogP contribution >= 0.6 is 0 Å². The molecule has 0 bridgehead atoms. The second-order valence-electron chi connectivity index (χ2n) is 4.41. The summed E-state index contributed by atoms with van der Waals surface area (Å²) in [6.45, 7) is 6.93. The van der Waals surface area contributed by atoms with Gasteiger partial charge in [-0.2, -0.15) is 0 Å². The molecule has 1 aliphatic heterocycles. The predicted octanol–water partition coefficient (Wildman–Crippen LogP) is -0.325. The van der Waals surface area contributed by atoms with E-state index in [9.17, 15) is 9.59 Å². The normalized spacial score (nSPS) is 16.4. The molecule has 0 aromatic heterocycles. The number of hydrogen-bond acceptors (Lipinski definition) is 3. The fourth-order valence-corrected chi connectivity index (χ4v) is 1.57. The molecule has 0 atom stereocenters. The SMILES string of the molecule is CC(C)N(C)C(=O)CC(=O)N1CCNCC1. The van der Waals surface area contributed by atoms with Crippen LogP contribution in [0.3, 0.4) is 0 Å². The Kier molecular flexibility index (Phi) is 4.73. The average Bonchev–Trinajstić information content (AvgIpc) is 2.28. The summed E-state index contributed by atoms with van der Waals surface area (Å²) in [5, 5.41) is 3.17. The number of amides is 2. The van der Waals surface area contributed by atoms with Crippen molar-refractivity contribution >= 4 is 11.8 Å². The first-order chi connectivity index (χ1) is 7.52.